The summed E-state index contributed by atoms with van der Waals surface area (Å²) in [6.07, 6.45) is 1.39. The lowest BCUT2D eigenvalue weighted by atomic mass is 10.1. The van der Waals surface area contributed by atoms with E-state index in [1.807, 2.05) is 37.3 Å². The van der Waals surface area contributed by atoms with Gasteiger partial charge in [0.15, 0.2) is 0 Å². The normalized spacial score (nSPS) is 11.0. The van der Waals surface area contributed by atoms with Crippen molar-refractivity contribution in [2.24, 2.45) is 0 Å². The van der Waals surface area contributed by atoms with E-state index in [2.05, 4.69) is 5.32 Å². The number of rotatable bonds is 6. The first-order chi connectivity index (χ1) is 14.9. The molecule has 0 spiro atoms. The predicted octanol–water partition coefficient (Wildman–Crippen LogP) is 7.08. The number of benzene rings is 3. The highest BCUT2D eigenvalue weighted by molar-refractivity contribution is 6.36. The summed E-state index contributed by atoms with van der Waals surface area (Å²) in [5.74, 6) is -0.264. The fraction of sp³-hybridized carbons (Fsp3) is 0.0833. The minimum atomic E-state index is -0.592. The van der Waals surface area contributed by atoms with E-state index in [1.165, 1.54) is 6.08 Å². The van der Waals surface area contributed by atoms with Crippen molar-refractivity contribution < 1.29 is 9.53 Å². The van der Waals surface area contributed by atoms with Crippen LogP contribution < -0.4 is 10.1 Å². The maximum atomic E-state index is 12.6. The summed E-state index contributed by atoms with van der Waals surface area (Å²) in [5.41, 5.74) is 2.84. The highest BCUT2D eigenvalue weighted by Gasteiger charge is 2.15. The molecule has 0 radical (unpaired) electrons. The molecule has 0 aliphatic carbocycles. The molecular weight excluding hydrogens is 455 g/mol. The smallest absolute Gasteiger partial charge is 0.266 e. The second kappa shape index (κ2) is 10.4. The van der Waals surface area contributed by atoms with Gasteiger partial charge >= 0.3 is 0 Å². The molecule has 4 nitrogen and oxygen atoms in total. The summed E-state index contributed by atoms with van der Waals surface area (Å²) in [6, 6.07) is 19.5. The molecule has 3 aromatic carbocycles. The van der Waals surface area contributed by atoms with Crippen molar-refractivity contribution in [1.82, 2.24) is 0 Å². The van der Waals surface area contributed by atoms with Gasteiger partial charge in [0.25, 0.3) is 5.91 Å². The molecule has 0 atom stereocenters. The van der Waals surface area contributed by atoms with Crippen LogP contribution in [0.25, 0.3) is 6.08 Å². The van der Waals surface area contributed by atoms with Crippen molar-refractivity contribution in [2.45, 2.75) is 13.5 Å². The van der Waals surface area contributed by atoms with Crippen LogP contribution in [0.3, 0.4) is 0 Å². The largest absolute Gasteiger partial charge is 0.487 e. The zero-order valence-corrected chi connectivity index (χ0v) is 18.7. The Balaban J connectivity index is 1.88. The Morgan fingerprint density at radius 2 is 1.81 bits per heavy atom. The molecule has 0 saturated heterocycles. The first-order valence-corrected chi connectivity index (χ1v) is 10.3. The molecule has 0 saturated carbocycles. The fourth-order valence-corrected chi connectivity index (χ4v) is 3.50. The number of nitrogens with one attached hydrogen (secondary N) is 1. The van der Waals surface area contributed by atoms with Crippen LogP contribution in [0.4, 0.5) is 5.69 Å². The van der Waals surface area contributed by atoms with Crippen LogP contribution >= 0.6 is 34.8 Å². The summed E-state index contributed by atoms with van der Waals surface area (Å²) in [6.45, 7) is 2.26. The number of hydrogen-bond acceptors (Lipinski definition) is 3. The Hall–Kier alpha value is -2.97. The summed E-state index contributed by atoms with van der Waals surface area (Å²) in [4.78, 5) is 12.6. The fourth-order valence-electron chi connectivity index (χ4n) is 2.75. The summed E-state index contributed by atoms with van der Waals surface area (Å²) in [7, 11) is 0. The number of hydrogen-bond donors (Lipinski definition) is 1. The molecule has 31 heavy (non-hydrogen) atoms. The molecule has 7 heteroatoms. The molecule has 3 rings (SSSR count). The molecule has 0 fully saturated rings. The van der Waals surface area contributed by atoms with Crippen LogP contribution in [0.1, 0.15) is 16.7 Å². The highest BCUT2D eigenvalue weighted by atomic mass is 35.5. The van der Waals surface area contributed by atoms with E-state index in [9.17, 15) is 10.1 Å². The van der Waals surface area contributed by atoms with Gasteiger partial charge in [-0.15, -0.1) is 0 Å². The third kappa shape index (κ3) is 6.26. The average molecular weight is 472 g/mol. The van der Waals surface area contributed by atoms with Gasteiger partial charge in [0.05, 0.1) is 5.02 Å². The van der Waals surface area contributed by atoms with Crippen LogP contribution in [0, 0.1) is 18.3 Å². The van der Waals surface area contributed by atoms with Gasteiger partial charge in [0, 0.05) is 21.3 Å². The van der Waals surface area contributed by atoms with Gasteiger partial charge in [-0.1, -0.05) is 70.7 Å². The second-order valence-corrected chi connectivity index (χ2v) is 7.99. The zero-order chi connectivity index (χ0) is 22.4. The lowest BCUT2D eigenvalue weighted by molar-refractivity contribution is -0.112. The topological polar surface area (TPSA) is 62.1 Å². The van der Waals surface area contributed by atoms with E-state index in [0.29, 0.717) is 27.0 Å². The number of amides is 1. The Morgan fingerprint density at radius 3 is 2.48 bits per heavy atom. The summed E-state index contributed by atoms with van der Waals surface area (Å²) < 4.78 is 5.91. The summed E-state index contributed by atoms with van der Waals surface area (Å²) in [5, 5.41) is 13.3. The van der Waals surface area contributed by atoms with Gasteiger partial charge in [-0.05, 0) is 48.9 Å². The van der Waals surface area contributed by atoms with Gasteiger partial charge in [0.2, 0.25) is 0 Å². The monoisotopic (exact) mass is 470 g/mol. The molecular formula is C24H17Cl3N2O2. The van der Waals surface area contributed by atoms with Crippen molar-refractivity contribution >= 4 is 52.5 Å². The molecule has 3 aromatic rings. The van der Waals surface area contributed by atoms with Crippen molar-refractivity contribution in [2.75, 3.05) is 5.32 Å². The van der Waals surface area contributed by atoms with E-state index in [1.54, 1.807) is 36.4 Å². The molecule has 156 valence electrons. The van der Waals surface area contributed by atoms with Gasteiger partial charge in [0.1, 0.15) is 24.0 Å². The van der Waals surface area contributed by atoms with Crippen LogP contribution in [-0.4, -0.2) is 5.91 Å². The zero-order valence-electron chi connectivity index (χ0n) is 16.5. The third-order valence-corrected chi connectivity index (χ3v) is 5.02. The molecule has 0 unspecified atom stereocenters. The SMILES string of the molecule is Cc1ccc(COc2c(Cl)cc(Cl)cc2/C=C(\C#N)C(=O)Nc2cccc(Cl)c2)cc1. The lowest BCUT2D eigenvalue weighted by Crippen LogP contribution is -2.13. The molecule has 1 N–H and O–H groups in total. The van der Waals surface area contributed by atoms with Gasteiger partial charge in [-0.2, -0.15) is 5.26 Å². The van der Waals surface area contributed by atoms with Crippen molar-refractivity contribution in [3.63, 3.8) is 0 Å². The number of carbonyl (C=O) groups excluding carboxylic acids is 1. The number of nitrogens with zero attached hydrogens (tertiary/aromatic N) is 1. The number of halogens is 3. The number of anilines is 1. The average Bonchev–Trinajstić information content (AvgIpc) is 2.72. The maximum Gasteiger partial charge on any atom is 0.266 e. The minimum absolute atomic E-state index is 0.140. The van der Waals surface area contributed by atoms with E-state index in [0.717, 1.165) is 11.1 Å². The first-order valence-electron chi connectivity index (χ1n) is 9.22. The Bertz CT molecular complexity index is 1180. The van der Waals surface area contributed by atoms with Crippen LogP contribution in [-0.2, 0) is 11.4 Å². The molecule has 1 amide bonds. The van der Waals surface area contributed by atoms with Crippen LogP contribution in [0.2, 0.25) is 15.1 Å². The number of nitriles is 1. The van der Waals surface area contributed by atoms with Gasteiger partial charge < -0.3 is 10.1 Å². The Labute approximate surface area is 195 Å². The Kier molecular flexibility index (Phi) is 7.59. The van der Waals surface area contributed by atoms with Crippen molar-refractivity contribution in [3.8, 4) is 11.8 Å². The van der Waals surface area contributed by atoms with E-state index in [4.69, 9.17) is 39.5 Å². The van der Waals surface area contributed by atoms with Crippen molar-refractivity contribution in [1.29, 1.82) is 5.26 Å². The Morgan fingerprint density at radius 1 is 1.06 bits per heavy atom. The maximum absolute atomic E-state index is 12.6. The summed E-state index contributed by atoms with van der Waals surface area (Å²) >= 11 is 18.4. The number of aryl methyl sites for hydroxylation is 1. The molecule has 0 aromatic heterocycles. The quantitative estimate of drug-likeness (QED) is 0.308. The van der Waals surface area contributed by atoms with E-state index < -0.39 is 5.91 Å². The molecule has 0 aliphatic heterocycles. The minimum Gasteiger partial charge on any atom is -0.487 e. The number of ether oxygens (including phenoxy) is 1. The van der Waals surface area contributed by atoms with E-state index in [-0.39, 0.29) is 17.2 Å². The molecule has 0 bridgehead atoms. The van der Waals surface area contributed by atoms with Crippen molar-refractivity contribution in [3.05, 3.63) is 98.0 Å². The number of carbonyl (C=O) groups is 1. The predicted molar refractivity (Wildman–Crippen MR) is 126 cm³/mol. The third-order valence-electron chi connectivity index (χ3n) is 4.29. The van der Waals surface area contributed by atoms with Crippen LogP contribution in [0.5, 0.6) is 5.75 Å². The second-order valence-electron chi connectivity index (χ2n) is 6.71. The molecule has 0 heterocycles. The van der Waals surface area contributed by atoms with Gasteiger partial charge in [-0.3, -0.25) is 4.79 Å². The first kappa shape index (κ1) is 22.7. The standard InChI is InChI=1S/C24H17Cl3N2O2/c1-15-5-7-16(8-6-15)14-31-23-17(10-20(26)12-22(23)27)9-18(13-28)24(30)29-21-4-2-3-19(25)11-21/h2-12H,14H2,1H3,(H,29,30)/b18-9+. The highest BCUT2D eigenvalue weighted by Crippen LogP contribution is 2.34. The van der Waals surface area contributed by atoms with Gasteiger partial charge in [-0.25, -0.2) is 0 Å². The van der Waals surface area contributed by atoms with E-state index >= 15 is 0 Å². The van der Waals surface area contributed by atoms with Crippen LogP contribution in [0.15, 0.2) is 66.2 Å². The lowest BCUT2D eigenvalue weighted by Gasteiger charge is -2.13. The molecule has 0 aliphatic rings.